The summed E-state index contributed by atoms with van der Waals surface area (Å²) in [4.78, 5) is 13.9. The number of thiophene rings is 1. The lowest BCUT2D eigenvalue weighted by Crippen LogP contribution is -2.34. The van der Waals surface area contributed by atoms with Crippen molar-refractivity contribution in [3.05, 3.63) is 71.4 Å². The van der Waals surface area contributed by atoms with Gasteiger partial charge in [0.1, 0.15) is 5.69 Å². The maximum Gasteiger partial charge on any atom is 0.231 e. The highest BCUT2D eigenvalue weighted by atomic mass is 32.1. The first-order valence-electron chi connectivity index (χ1n) is 8.85. The molecule has 4 aromatic rings. The summed E-state index contributed by atoms with van der Waals surface area (Å²) >= 11 is 1.63. The van der Waals surface area contributed by atoms with E-state index in [0.717, 1.165) is 29.0 Å². The normalized spacial score (nSPS) is 15.0. The molecule has 0 spiro atoms. The molecule has 1 saturated carbocycles. The van der Waals surface area contributed by atoms with Crippen molar-refractivity contribution in [3.8, 4) is 10.6 Å². The van der Waals surface area contributed by atoms with E-state index >= 15 is 0 Å². The Hall–Kier alpha value is -3.06. The van der Waals surface area contributed by atoms with Crippen LogP contribution in [0.25, 0.3) is 16.2 Å². The average Bonchev–Trinajstić information content (AvgIpc) is 3.16. The SMILES string of the molecule is O=C(NCc1nnc2ccc(-c3cccs3)nn12)C1(c2ccccc2)CC1. The standard InChI is InChI=1S/C20H17N5OS/c26-19(20(10-11-20)14-5-2-1-3-6-14)21-13-18-23-22-17-9-8-15(24-25(17)18)16-7-4-12-27-16/h1-9,12H,10-11,13H2,(H,21,26). The van der Waals surface area contributed by atoms with Gasteiger partial charge in [-0.05, 0) is 42.0 Å². The van der Waals surface area contributed by atoms with Gasteiger partial charge in [0, 0.05) is 0 Å². The molecule has 0 aliphatic heterocycles. The van der Waals surface area contributed by atoms with Gasteiger partial charge in [-0.15, -0.1) is 21.5 Å². The van der Waals surface area contributed by atoms with Crippen molar-refractivity contribution in [3.63, 3.8) is 0 Å². The lowest BCUT2D eigenvalue weighted by Gasteiger charge is -2.15. The minimum absolute atomic E-state index is 0.0415. The molecule has 3 aromatic heterocycles. The number of benzene rings is 1. The number of carbonyl (C=O) groups excluding carboxylic acids is 1. The summed E-state index contributed by atoms with van der Waals surface area (Å²) in [5.41, 5.74) is 2.22. The fourth-order valence-corrected chi connectivity index (χ4v) is 4.05. The summed E-state index contributed by atoms with van der Waals surface area (Å²) in [6.07, 6.45) is 1.76. The van der Waals surface area contributed by atoms with E-state index in [1.54, 1.807) is 15.9 Å². The average molecular weight is 375 g/mol. The molecule has 1 aliphatic rings. The number of hydrogen-bond donors (Lipinski definition) is 1. The summed E-state index contributed by atoms with van der Waals surface area (Å²) < 4.78 is 1.71. The van der Waals surface area contributed by atoms with Crippen molar-refractivity contribution in [2.45, 2.75) is 24.8 Å². The van der Waals surface area contributed by atoms with E-state index in [-0.39, 0.29) is 5.91 Å². The fraction of sp³-hybridized carbons (Fsp3) is 0.200. The van der Waals surface area contributed by atoms with Crippen LogP contribution in [-0.2, 0) is 16.8 Å². The summed E-state index contributed by atoms with van der Waals surface area (Å²) in [7, 11) is 0. The first-order chi connectivity index (χ1) is 13.3. The summed E-state index contributed by atoms with van der Waals surface area (Å²) in [6.45, 7) is 0.301. The van der Waals surface area contributed by atoms with E-state index in [0.29, 0.717) is 18.0 Å². The van der Waals surface area contributed by atoms with Crippen LogP contribution in [0.3, 0.4) is 0 Å². The van der Waals surface area contributed by atoms with Crippen molar-refractivity contribution in [1.82, 2.24) is 25.1 Å². The third-order valence-electron chi connectivity index (χ3n) is 5.02. The van der Waals surface area contributed by atoms with Crippen molar-refractivity contribution in [1.29, 1.82) is 0 Å². The molecule has 0 unspecified atom stereocenters. The fourth-order valence-electron chi connectivity index (χ4n) is 3.36. The van der Waals surface area contributed by atoms with Crippen molar-refractivity contribution in [2.75, 3.05) is 0 Å². The zero-order valence-corrected chi connectivity index (χ0v) is 15.3. The highest BCUT2D eigenvalue weighted by Gasteiger charge is 2.51. The molecule has 1 aromatic carbocycles. The number of fused-ring (bicyclic) bond motifs is 1. The van der Waals surface area contributed by atoms with Gasteiger partial charge < -0.3 is 5.32 Å². The molecule has 7 heteroatoms. The van der Waals surface area contributed by atoms with Gasteiger partial charge in [-0.25, -0.2) is 0 Å². The second-order valence-electron chi connectivity index (χ2n) is 6.71. The van der Waals surface area contributed by atoms with Gasteiger partial charge in [0.25, 0.3) is 0 Å². The van der Waals surface area contributed by atoms with E-state index < -0.39 is 5.41 Å². The van der Waals surface area contributed by atoms with Crippen LogP contribution in [0.4, 0.5) is 0 Å². The Morgan fingerprint density at radius 3 is 2.67 bits per heavy atom. The predicted molar refractivity (Wildman–Crippen MR) is 103 cm³/mol. The third kappa shape index (κ3) is 2.80. The minimum atomic E-state index is -0.392. The molecule has 0 radical (unpaired) electrons. The molecule has 5 rings (SSSR count). The molecule has 1 N–H and O–H groups in total. The van der Waals surface area contributed by atoms with Crippen molar-refractivity contribution in [2.24, 2.45) is 0 Å². The number of amides is 1. The van der Waals surface area contributed by atoms with Gasteiger partial charge >= 0.3 is 0 Å². The van der Waals surface area contributed by atoms with Crippen LogP contribution in [0.2, 0.25) is 0 Å². The van der Waals surface area contributed by atoms with E-state index in [2.05, 4.69) is 20.6 Å². The predicted octanol–water partition coefficient (Wildman–Crippen LogP) is 3.20. The Bertz CT molecular complexity index is 1100. The van der Waals surface area contributed by atoms with Crippen LogP contribution < -0.4 is 5.32 Å². The molecular weight excluding hydrogens is 358 g/mol. The third-order valence-corrected chi connectivity index (χ3v) is 5.91. The molecule has 0 saturated heterocycles. The van der Waals surface area contributed by atoms with Crippen LogP contribution >= 0.6 is 11.3 Å². The first kappa shape index (κ1) is 16.1. The molecule has 1 aliphatic carbocycles. The van der Waals surface area contributed by atoms with Crippen molar-refractivity contribution < 1.29 is 4.79 Å². The van der Waals surface area contributed by atoms with E-state index in [1.165, 1.54) is 0 Å². The van der Waals surface area contributed by atoms with Gasteiger partial charge in [0.15, 0.2) is 11.5 Å². The first-order valence-corrected chi connectivity index (χ1v) is 9.73. The summed E-state index contributed by atoms with van der Waals surface area (Å²) in [5, 5.41) is 18.1. The number of rotatable bonds is 5. The van der Waals surface area contributed by atoms with Crippen molar-refractivity contribution >= 4 is 22.9 Å². The second-order valence-corrected chi connectivity index (χ2v) is 7.66. The maximum atomic E-state index is 12.8. The zero-order valence-electron chi connectivity index (χ0n) is 14.5. The highest BCUT2D eigenvalue weighted by molar-refractivity contribution is 7.13. The Labute approximate surface area is 159 Å². The van der Waals surface area contributed by atoms with Gasteiger partial charge in [0.2, 0.25) is 5.91 Å². The number of nitrogens with zero attached hydrogens (tertiary/aromatic N) is 4. The lowest BCUT2D eigenvalue weighted by molar-refractivity contribution is -0.123. The zero-order chi connectivity index (χ0) is 18.3. The minimum Gasteiger partial charge on any atom is -0.348 e. The van der Waals surface area contributed by atoms with Crippen LogP contribution in [0.15, 0.2) is 60.0 Å². The van der Waals surface area contributed by atoms with Gasteiger partial charge in [-0.3, -0.25) is 4.79 Å². The van der Waals surface area contributed by atoms with E-state index in [9.17, 15) is 4.79 Å². The highest BCUT2D eigenvalue weighted by Crippen LogP contribution is 2.48. The quantitative estimate of drug-likeness (QED) is 0.581. The summed E-state index contributed by atoms with van der Waals surface area (Å²) in [5.74, 6) is 0.667. The molecule has 134 valence electrons. The van der Waals surface area contributed by atoms with Crippen LogP contribution in [-0.4, -0.2) is 25.7 Å². The van der Waals surface area contributed by atoms with Gasteiger partial charge in [-0.2, -0.15) is 9.61 Å². The smallest absolute Gasteiger partial charge is 0.231 e. The Morgan fingerprint density at radius 2 is 1.93 bits per heavy atom. The molecule has 3 heterocycles. The molecule has 0 atom stereocenters. The molecule has 6 nitrogen and oxygen atoms in total. The largest absolute Gasteiger partial charge is 0.348 e. The molecule has 27 heavy (non-hydrogen) atoms. The monoisotopic (exact) mass is 375 g/mol. The number of aromatic nitrogens is 4. The molecule has 1 fully saturated rings. The number of nitrogens with one attached hydrogen (secondary N) is 1. The second kappa shape index (κ2) is 6.28. The van der Waals surface area contributed by atoms with Crippen LogP contribution in [0.1, 0.15) is 24.2 Å². The number of carbonyl (C=O) groups is 1. The molecule has 1 amide bonds. The Kier molecular flexibility index (Phi) is 3.75. The van der Waals surface area contributed by atoms with E-state index in [4.69, 9.17) is 0 Å². The summed E-state index contributed by atoms with van der Waals surface area (Å²) in [6, 6.07) is 17.8. The molecular formula is C20H17N5OS. The lowest BCUT2D eigenvalue weighted by atomic mass is 9.95. The van der Waals surface area contributed by atoms with Crippen LogP contribution in [0.5, 0.6) is 0 Å². The topological polar surface area (TPSA) is 72.2 Å². The Balaban J connectivity index is 1.38. The molecule has 0 bridgehead atoms. The van der Waals surface area contributed by atoms with Gasteiger partial charge in [0.05, 0.1) is 16.8 Å². The van der Waals surface area contributed by atoms with Crippen LogP contribution in [0, 0.1) is 0 Å². The number of hydrogen-bond acceptors (Lipinski definition) is 5. The Morgan fingerprint density at radius 1 is 1.07 bits per heavy atom. The van der Waals surface area contributed by atoms with E-state index in [1.807, 2.05) is 60.0 Å². The van der Waals surface area contributed by atoms with Gasteiger partial charge in [-0.1, -0.05) is 36.4 Å². The maximum absolute atomic E-state index is 12.8.